The molecule has 6 heteroatoms. The fourth-order valence-electron chi connectivity index (χ4n) is 2.41. The van der Waals surface area contributed by atoms with Crippen molar-refractivity contribution in [2.75, 3.05) is 38.8 Å². The van der Waals surface area contributed by atoms with Crippen molar-refractivity contribution in [2.24, 2.45) is 5.92 Å². The largest absolute Gasteiger partial charge is 0.495 e. The average molecular weight is 292 g/mol. The van der Waals surface area contributed by atoms with E-state index in [4.69, 9.17) is 9.47 Å². The normalized spacial score (nSPS) is 17.9. The fourth-order valence-corrected chi connectivity index (χ4v) is 2.41. The van der Waals surface area contributed by atoms with Crippen LogP contribution in [0.5, 0.6) is 5.75 Å². The molecule has 2 rings (SSSR count). The zero-order valence-corrected chi connectivity index (χ0v) is 12.3. The number of methoxy groups -OCH3 is 2. The molecule has 21 heavy (non-hydrogen) atoms. The van der Waals surface area contributed by atoms with Gasteiger partial charge in [-0.15, -0.1) is 0 Å². The van der Waals surface area contributed by atoms with Crippen LogP contribution in [0.3, 0.4) is 0 Å². The maximum atomic E-state index is 12.4. The Balaban J connectivity index is 2.06. The number of nitrogens with zero attached hydrogens (tertiary/aromatic N) is 1. The monoisotopic (exact) mass is 292 g/mol. The molecule has 0 aromatic heterocycles. The molecule has 1 saturated heterocycles. The highest BCUT2D eigenvalue weighted by atomic mass is 16.5. The second-order valence-electron chi connectivity index (χ2n) is 4.79. The van der Waals surface area contributed by atoms with Crippen molar-refractivity contribution in [3.8, 4) is 5.75 Å². The first-order chi connectivity index (χ1) is 10.2. The van der Waals surface area contributed by atoms with Gasteiger partial charge in [-0.25, -0.2) is 0 Å². The third-order valence-corrected chi connectivity index (χ3v) is 3.50. The fraction of sp³-hybridized carbons (Fsp3) is 0.467. The second-order valence-corrected chi connectivity index (χ2v) is 4.79. The van der Waals surface area contributed by atoms with Gasteiger partial charge in [-0.1, -0.05) is 12.1 Å². The molecular weight excluding hydrogens is 272 g/mol. The lowest BCUT2D eigenvalue weighted by Gasteiger charge is -2.19. The Labute approximate surface area is 124 Å². The number of anilines is 1. The molecule has 6 nitrogen and oxygen atoms in total. The number of carbonyl (C=O) groups is 2. The van der Waals surface area contributed by atoms with Crippen molar-refractivity contribution >= 4 is 17.5 Å². The minimum atomic E-state index is -0.633. The van der Waals surface area contributed by atoms with Gasteiger partial charge in [0.25, 0.3) is 0 Å². The molecule has 1 heterocycles. The van der Waals surface area contributed by atoms with Crippen LogP contribution in [0.2, 0.25) is 0 Å². The van der Waals surface area contributed by atoms with E-state index >= 15 is 0 Å². The summed E-state index contributed by atoms with van der Waals surface area (Å²) < 4.78 is 10.1. The first-order valence-corrected chi connectivity index (χ1v) is 6.90. The van der Waals surface area contributed by atoms with Gasteiger partial charge in [0.1, 0.15) is 11.7 Å². The van der Waals surface area contributed by atoms with Crippen molar-refractivity contribution in [3.05, 3.63) is 24.3 Å². The van der Waals surface area contributed by atoms with E-state index in [0.29, 0.717) is 37.6 Å². The molecule has 1 aliphatic heterocycles. The van der Waals surface area contributed by atoms with Gasteiger partial charge < -0.3 is 19.7 Å². The van der Waals surface area contributed by atoms with Crippen molar-refractivity contribution in [1.29, 1.82) is 0 Å². The Kier molecular flexibility index (Phi) is 5.16. The predicted molar refractivity (Wildman–Crippen MR) is 78.3 cm³/mol. The van der Waals surface area contributed by atoms with E-state index in [-0.39, 0.29) is 11.8 Å². The van der Waals surface area contributed by atoms with Gasteiger partial charge in [-0.2, -0.15) is 0 Å². The highest BCUT2D eigenvalue weighted by Crippen LogP contribution is 2.32. The van der Waals surface area contributed by atoms with Crippen LogP contribution in [-0.2, 0) is 14.3 Å². The van der Waals surface area contributed by atoms with E-state index < -0.39 is 5.92 Å². The van der Waals surface area contributed by atoms with Crippen LogP contribution in [0.15, 0.2) is 24.3 Å². The molecule has 1 fully saturated rings. The smallest absolute Gasteiger partial charge is 0.239 e. The number of nitrogens with one attached hydrogen (secondary N) is 1. The van der Waals surface area contributed by atoms with Crippen LogP contribution in [0.25, 0.3) is 0 Å². The lowest BCUT2D eigenvalue weighted by Crippen LogP contribution is -2.38. The zero-order valence-electron chi connectivity index (χ0n) is 12.3. The lowest BCUT2D eigenvalue weighted by atomic mass is 10.1. The molecular formula is C15H20N2O4. The molecule has 1 N–H and O–H groups in total. The van der Waals surface area contributed by atoms with E-state index in [1.165, 1.54) is 0 Å². The van der Waals surface area contributed by atoms with Crippen molar-refractivity contribution in [3.63, 3.8) is 0 Å². The molecule has 1 aromatic carbocycles. The van der Waals surface area contributed by atoms with Gasteiger partial charge in [-0.05, 0) is 18.6 Å². The van der Waals surface area contributed by atoms with E-state index in [2.05, 4.69) is 5.32 Å². The molecule has 0 bridgehead atoms. The molecule has 0 saturated carbocycles. The molecule has 0 spiro atoms. The predicted octanol–water partition coefficient (Wildman–Crippen LogP) is 0.811. The quantitative estimate of drug-likeness (QED) is 0.622. The maximum absolute atomic E-state index is 12.4. The van der Waals surface area contributed by atoms with Gasteiger partial charge in [0.05, 0.1) is 19.4 Å². The van der Waals surface area contributed by atoms with Crippen LogP contribution >= 0.6 is 0 Å². The number of amides is 2. The SMILES string of the molecule is COCCNC(=O)C1CCN(c2ccccc2OC)C1=O. The number of hydrogen-bond acceptors (Lipinski definition) is 4. The summed E-state index contributed by atoms with van der Waals surface area (Å²) in [6, 6.07) is 7.31. The van der Waals surface area contributed by atoms with E-state index in [1.807, 2.05) is 18.2 Å². The Morgan fingerprint density at radius 3 is 2.86 bits per heavy atom. The number of carbonyl (C=O) groups excluding carboxylic acids is 2. The first-order valence-electron chi connectivity index (χ1n) is 6.90. The number of hydrogen-bond donors (Lipinski definition) is 1. The van der Waals surface area contributed by atoms with Crippen LogP contribution in [0.4, 0.5) is 5.69 Å². The first kappa shape index (κ1) is 15.3. The number of benzene rings is 1. The molecule has 2 amide bonds. The molecule has 1 aromatic rings. The van der Waals surface area contributed by atoms with E-state index in [9.17, 15) is 9.59 Å². The summed E-state index contributed by atoms with van der Waals surface area (Å²) in [5, 5.41) is 2.71. The van der Waals surface area contributed by atoms with Crippen LogP contribution in [0, 0.1) is 5.92 Å². The Morgan fingerprint density at radius 2 is 2.14 bits per heavy atom. The Morgan fingerprint density at radius 1 is 1.38 bits per heavy atom. The topological polar surface area (TPSA) is 67.9 Å². The Hall–Kier alpha value is -2.08. The van der Waals surface area contributed by atoms with Gasteiger partial charge in [0, 0.05) is 20.2 Å². The van der Waals surface area contributed by atoms with E-state index in [0.717, 1.165) is 0 Å². The summed E-state index contributed by atoms with van der Waals surface area (Å²) in [7, 11) is 3.13. The lowest BCUT2D eigenvalue weighted by molar-refractivity contribution is -0.132. The summed E-state index contributed by atoms with van der Waals surface area (Å²) in [4.78, 5) is 26.1. The van der Waals surface area contributed by atoms with Gasteiger partial charge in [-0.3, -0.25) is 9.59 Å². The summed E-state index contributed by atoms with van der Waals surface area (Å²) in [5.74, 6) is -0.429. The molecule has 0 radical (unpaired) electrons. The summed E-state index contributed by atoms with van der Waals surface area (Å²) >= 11 is 0. The van der Waals surface area contributed by atoms with E-state index in [1.54, 1.807) is 25.2 Å². The standard InChI is InChI=1S/C15H20N2O4/c1-20-10-8-16-14(18)11-7-9-17(15(11)19)12-5-3-4-6-13(12)21-2/h3-6,11H,7-10H2,1-2H3,(H,16,18). The third-order valence-electron chi connectivity index (χ3n) is 3.50. The van der Waals surface area contributed by atoms with Gasteiger partial charge in [0.2, 0.25) is 11.8 Å². The van der Waals surface area contributed by atoms with Crippen molar-refractivity contribution < 1.29 is 19.1 Å². The second kappa shape index (κ2) is 7.08. The minimum Gasteiger partial charge on any atom is -0.495 e. The summed E-state index contributed by atoms with van der Waals surface area (Å²) in [6.45, 7) is 1.36. The highest BCUT2D eigenvalue weighted by molar-refractivity contribution is 6.10. The van der Waals surface area contributed by atoms with Crippen molar-refractivity contribution in [1.82, 2.24) is 5.32 Å². The molecule has 1 aliphatic rings. The maximum Gasteiger partial charge on any atom is 0.239 e. The zero-order chi connectivity index (χ0) is 15.2. The van der Waals surface area contributed by atoms with Crippen LogP contribution < -0.4 is 15.0 Å². The Bertz CT molecular complexity index is 518. The van der Waals surface area contributed by atoms with Gasteiger partial charge >= 0.3 is 0 Å². The average Bonchev–Trinajstić information content (AvgIpc) is 2.89. The third kappa shape index (κ3) is 3.33. The van der Waals surface area contributed by atoms with Crippen molar-refractivity contribution in [2.45, 2.75) is 6.42 Å². The molecule has 0 aliphatic carbocycles. The van der Waals surface area contributed by atoms with Crippen LogP contribution in [-0.4, -0.2) is 45.7 Å². The summed E-state index contributed by atoms with van der Waals surface area (Å²) in [5.41, 5.74) is 0.706. The number of para-hydroxylation sites is 2. The van der Waals surface area contributed by atoms with Gasteiger partial charge in [0.15, 0.2) is 0 Å². The molecule has 1 atom stereocenters. The highest BCUT2D eigenvalue weighted by Gasteiger charge is 2.38. The molecule has 114 valence electrons. The molecule has 1 unspecified atom stereocenters. The number of ether oxygens (including phenoxy) is 2. The number of rotatable bonds is 6. The summed E-state index contributed by atoms with van der Waals surface area (Å²) in [6.07, 6.45) is 0.510. The van der Waals surface area contributed by atoms with Crippen LogP contribution in [0.1, 0.15) is 6.42 Å². The minimum absolute atomic E-state index is 0.186.